The highest BCUT2D eigenvalue weighted by Crippen LogP contribution is 2.30. The number of pyridine rings is 2. The summed E-state index contributed by atoms with van der Waals surface area (Å²) in [5.41, 5.74) is 5.45. The summed E-state index contributed by atoms with van der Waals surface area (Å²) in [6.07, 6.45) is 7.32. The second kappa shape index (κ2) is 16.5. The average Bonchev–Trinajstić information content (AvgIpc) is 3.78. The molecule has 0 aliphatic heterocycles. The van der Waals surface area contributed by atoms with E-state index in [1.807, 2.05) is 66.7 Å². The predicted octanol–water partition coefficient (Wildman–Crippen LogP) is 7.31. The van der Waals surface area contributed by atoms with Crippen LogP contribution in [0.25, 0.3) is 21.8 Å². The maximum atomic E-state index is 12.4. The van der Waals surface area contributed by atoms with E-state index >= 15 is 0 Å². The van der Waals surface area contributed by atoms with Gasteiger partial charge in [0.25, 0.3) is 0 Å². The van der Waals surface area contributed by atoms with Gasteiger partial charge in [-0.1, -0.05) is 68.1 Å². The zero-order valence-electron chi connectivity index (χ0n) is 24.0. The fourth-order valence-corrected chi connectivity index (χ4v) is 6.00. The van der Waals surface area contributed by atoms with Gasteiger partial charge in [-0.2, -0.15) is 0 Å². The summed E-state index contributed by atoms with van der Waals surface area (Å²) in [5.74, 6) is -0.331. The van der Waals surface area contributed by atoms with E-state index in [0.717, 1.165) is 43.2 Å². The minimum atomic E-state index is -0.316. The molecule has 230 valence electrons. The number of nitrogens with zero attached hydrogens (tertiary/aromatic N) is 5. The monoisotopic (exact) mass is 637 g/mol. The molecular formula is C35H35N5O3S2. The number of hydrogen-bond donors (Lipinski definition) is 2. The Labute approximate surface area is 271 Å². The van der Waals surface area contributed by atoms with E-state index in [2.05, 4.69) is 37.4 Å². The summed E-state index contributed by atoms with van der Waals surface area (Å²) in [7, 11) is 2.00. The predicted molar refractivity (Wildman–Crippen MR) is 183 cm³/mol. The van der Waals surface area contributed by atoms with Gasteiger partial charge >= 0.3 is 0 Å². The van der Waals surface area contributed by atoms with E-state index in [9.17, 15) is 15.0 Å². The number of anilines is 2. The first-order valence-corrected chi connectivity index (χ1v) is 15.6. The van der Waals surface area contributed by atoms with Crippen LogP contribution in [0.15, 0.2) is 115 Å². The molecule has 0 radical (unpaired) electrons. The first kappa shape index (κ1) is 33.3. The standard InChI is InChI=1S/C19H18N2O3S.C15H13N3S.CH4/c22-11-15(12-23)13-4-6-14(7-5-13)17(24)9-19-21-10-18(25-19)16-3-1-2-8-20-16;1-18(13-8-5-9-16-10-13)15-17-14(11-19-15)12-6-3-2-4-7-12;/h1-8,10,15,22-23H,9,11-12H2;2-11H,1H3;1H4. The minimum absolute atomic E-state index is 0. The summed E-state index contributed by atoms with van der Waals surface area (Å²) in [6.45, 7) is -0.252. The number of aromatic nitrogens is 4. The molecule has 45 heavy (non-hydrogen) atoms. The van der Waals surface area contributed by atoms with Crippen molar-refractivity contribution in [3.63, 3.8) is 0 Å². The van der Waals surface area contributed by atoms with Gasteiger partial charge in [0, 0.05) is 48.1 Å². The molecule has 6 rings (SSSR count). The number of carbonyl (C=O) groups is 1. The van der Waals surface area contributed by atoms with Gasteiger partial charge in [0.15, 0.2) is 10.9 Å². The molecule has 0 spiro atoms. The molecule has 0 bridgehead atoms. The quantitative estimate of drug-likeness (QED) is 0.150. The molecular weight excluding hydrogens is 603 g/mol. The first-order chi connectivity index (χ1) is 21.6. The lowest BCUT2D eigenvalue weighted by atomic mass is 9.98. The third kappa shape index (κ3) is 8.74. The first-order valence-electron chi connectivity index (χ1n) is 13.9. The summed E-state index contributed by atoms with van der Waals surface area (Å²) < 4.78 is 0. The molecule has 4 aromatic heterocycles. The van der Waals surface area contributed by atoms with Crippen LogP contribution in [0.3, 0.4) is 0 Å². The van der Waals surface area contributed by atoms with E-state index < -0.39 is 0 Å². The van der Waals surface area contributed by atoms with Crippen LogP contribution in [-0.4, -0.2) is 56.2 Å². The lowest BCUT2D eigenvalue weighted by Gasteiger charge is -2.14. The zero-order valence-corrected chi connectivity index (χ0v) is 25.7. The van der Waals surface area contributed by atoms with Gasteiger partial charge in [-0.15, -0.1) is 22.7 Å². The number of ketones is 1. The molecule has 0 unspecified atom stereocenters. The summed E-state index contributed by atoms with van der Waals surface area (Å²) in [4.78, 5) is 32.8. The summed E-state index contributed by atoms with van der Waals surface area (Å²) in [5, 5.41) is 22.2. The van der Waals surface area contributed by atoms with E-state index in [1.54, 1.807) is 54.2 Å². The van der Waals surface area contributed by atoms with Gasteiger partial charge < -0.3 is 15.1 Å². The fourth-order valence-electron chi connectivity index (χ4n) is 4.29. The fraction of sp³-hybridized carbons (Fsp3) is 0.171. The molecule has 0 aliphatic rings. The van der Waals surface area contributed by atoms with Crippen LogP contribution in [-0.2, 0) is 6.42 Å². The smallest absolute Gasteiger partial charge is 0.190 e. The molecule has 0 amide bonds. The van der Waals surface area contributed by atoms with Crippen molar-refractivity contribution in [3.8, 4) is 21.8 Å². The number of thiazole rings is 2. The molecule has 0 saturated carbocycles. The highest BCUT2D eigenvalue weighted by atomic mass is 32.1. The molecule has 10 heteroatoms. The van der Waals surface area contributed by atoms with E-state index in [4.69, 9.17) is 0 Å². The number of carbonyl (C=O) groups excluding carboxylic acids is 1. The van der Waals surface area contributed by atoms with Crippen LogP contribution < -0.4 is 4.90 Å². The Morgan fingerprint density at radius 2 is 1.60 bits per heavy atom. The van der Waals surface area contributed by atoms with Gasteiger partial charge in [-0.05, 0) is 29.8 Å². The highest BCUT2D eigenvalue weighted by Gasteiger charge is 2.14. The molecule has 8 nitrogen and oxygen atoms in total. The third-order valence-corrected chi connectivity index (χ3v) is 8.75. The van der Waals surface area contributed by atoms with Crippen molar-refractivity contribution in [2.75, 3.05) is 25.2 Å². The molecule has 4 heterocycles. The van der Waals surface area contributed by atoms with Gasteiger partial charge in [0.2, 0.25) is 0 Å². The largest absolute Gasteiger partial charge is 0.396 e. The maximum absolute atomic E-state index is 12.4. The molecule has 6 aromatic rings. The Morgan fingerprint density at radius 3 is 2.27 bits per heavy atom. The number of hydrogen-bond acceptors (Lipinski definition) is 10. The number of aliphatic hydroxyl groups is 2. The third-order valence-electron chi connectivity index (χ3n) is 6.81. The zero-order chi connectivity index (χ0) is 30.7. The van der Waals surface area contributed by atoms with Crippen LogP contribution in [0.4, 0.5) is 10.8 Å². The topological polar surface area (TPSA) is 112 Å². The van der Waals surface area contributed by atoms with Crippen molar-refractivity contribution in [2.24, 2.45) is 0 Å². The second-order valence-corrected chi connectivity index (χ2v) is 11.7. The Balaban J connectivity index is 0.000000207. The van der Waals surface area contributed by atoms with Crippen molar-refractivity contribution in [2.45, 2.75) is 19.8 Å². The lowest BCUT2D eigenvalue weighted by molar-refractivity contribution is 0.0993. The number of benzene rings is 2. The molecule has 0 fully saturated rings. The van der Waals surface area contributed by atoms with Crippen molar-refractivity contribution in [3.05, 3.63) is 131 Å². The maximum Gasteiger partial charge on any atom is 0.190 e. The normalized spacial score (nSPS) is 10.5. The molecule has 0 aliphatic carbocycles. The lowest BCUT2D eigenvalue weighted by Crippen LogP contribution is -2.09. The number of aliphatic hydroxyl groups excluding tert-OH is 2. The Morgan fingerprint density at radius 1 is 0.844 bits per heavy atom. The molecule has 0 saturated heterocycles. The van der Waals surface area contributed by atoms with Crippen molar-refractivity contribution in [1.82, 2.24) is 19.9 Å². The second-order valence-electron chi connectivity index (χ2n) is 9.77. The van der Waals surface area contributed by atoms with Crippen LogP contribution in [0.1, 0.15) is 34.3 Å². The molecule has 2 N–H and O–H groups in total. The number of rotatable bonds is 10. The van der Waals surface area contributed by atoms with Crippen molar-refractivity contribution in [1.29, 1.82) is 0 Å². The van der Waals surface area contributed by atoms with Crippen molar-refractivity contribution >= 4 is 39.3 Å². The van der Waals surface area contributed by atoms with E-state index in [1.165, 1.54) is 11.3 Å². The van der Waals surface area contributed by atoms with Gasteiger partial charge in [-0.25, -0.2) is 9.97 Å². The average molecular weight is 638 g/mol. The molecule has 0 atom stereocenters. The minimum Gasteiger partial charge on any atom is -0.396 e. The highest BCUT2D eigenvalue weighted by molar-refractivity contribution is 7.15. The van der Waals surface area contributed by atoms with Gasteiger partial charge in [-0.3, -0.25) is 14.8 Å². The Hall–Kier alpha value is -4.61. The van der Waals surface area contributed by atoms with Crippen molar-refractivity contribution < 1.29 is 15.0 Å². The summed E-state index contributed by atoms with van der Waals surface area (Å²) >= 11 is 3.10. The Kier molecular flexibility index (Phi) is 12.2. The van der Waals surface area contributed by atoms with E-state index in [0.29, 0.717) is 5.56 Å². The van der Waals surface area contributed by atoms with Crippen LogP contribution in [0.2, 0.25) is 0 Å². The van der Waals surface area contributed by atoms with Crippen LogP contribution >= 0.6 is 22.7 Å². The van der Waals surface area contributed by atoms with Gasteiger partial charge in [0.1, 0.15) is 5.01 Å². The number of Topliss-reactive ketones (excluding diaryl/α,β-unsaturated/α-hetero) is 1. The van der Waals surface area contributed by atoms with E-state index in [-0.39, 0.29) is 38.8 Å². The van der Waals surface area contributed by atoms with Gasteiger partial charge in [0.05, 0.1) is 47.8 Å². The van der Waals surface area contributed by atoms with Crippen LogP contribution in [0.5, 0.6) is 0 Å². The molecule has 2 aromatic carbocycles. The Bertz CT molecular complexity index is 1740. The SMILES string of the molecule is C.CN(c1cccnc1)c1nc(-c2ccccc2)cs1.O=C(Cc1ncc(-c2ccccn2)s1)c1ccc(C(CO)CO)cc1. The summed E-state index contributed by atoms with van der Waals surface area (Å²) in [6, 6.07) is 26.8. The van der Waals surface area contributed by atoms with Crippen LogP contribution in [0, 0.1) is 0 Å².